The Bertz CT molecular complexity index is 678. The molecule has 0 saturated heterocycles. The van der Waals surface area contributed by atoms with Crippen molar-refractivity contribution in [2.45, 2.75) is 6.54 Å². The smallest absolute Gasteiger partial charge is 0.338 e. The maximum absolute atomic E-state index is 13.8. The summed E-state index contributed by atoms with van der Waals surface area (Å²) in [5, 5.41) is 20.2. The zero-order valence-corrected chi connectivity index (χ0v) is 10.3. The minimum atomic E-state index is -1.34. The Kier molecular flexibility index (Phi) is 3.91. The fourth-order valence-electron chi connectivity index (χ4n) is 1.62. The van der Waals surface area contributed by atoms with Gasteiger partial charge in [-0.05, 0) is 23.8 Å². The Hall–Kier alpha value is -2.94. The van der Waals surface area contributed by atoms with Crippen LogP contribution in [0.5, 0.6) is 0 Å². The molecule has 0 amide bonds. The normalized spacial score (nSPS) is 9.80. The van der Waals surface area contributed by atoms with Crippen LogP contribution in [0.1, 0.15) is 21.5 Å². The molecular weight excluding hydrogens is 261 g/mol. The summed E-state index contributed by atoms with van der Waals surface area (Å²) in [4.78, 5) is 14.6. The highest BCUT2D eigenvalue weighted by atomic mass is 19.1. The number of nitrogens with zero attached hydrogens (tertiary/aromatic N) is 2. The second kappa shape index (κ2) is 5.80. The van der Waals surface area contributed by atoms with Crippen molar-refractivity contribution in [2.24, 2.45) is 0 Å². The van der Waals surface area contributed by atoms with Gasteiger partial charge < -0.3 is 10.4 Å². The Morgan fingerprint density at radius 1 is 1.35 bits per heavy atom. The van der Waals surface area contributed by atoms with Gasteiger partial charge in [0.05, 0.1) is 11.6 Å². The number of halogens is 1. The van der Waals surface area contributed by atoms with Crippen LogP contribution in [0, 0.1) is 17.1 Å². The number of hydrogen-bond donors (Lipinski definition) is 2. The molecule has 1 aromatic heterocycles. The second-order valence-electron chi connectivity index (χ2n) is 3.99. The van der Waals surface area contributed by atoms with Gasteiger partial charge in [0.2, 0.25) is 0 Å². The van der Waals surface area contributed by atoms with Crippen LogP contribution in [-0.4, -0.2) is 16.1 Å². The van der Waals surface area contributed by atoms with Crippen LogP contribution in [0.2, 0.25) is 0 Å². The zero-order valence-electron chi connectivity index (χ0n) is 10.3. The quantitative estimate of drug-likeness (QED) is 0.891. The van der Waals surface area contributed by atoms with Crippen LogP contribution in [0.3, 0.4) is 0 Å². The van der Waals surface area contributed by atoms with Gasteiger partial charge in [-0.2, -0.15) is 5.26 Å². The molecule has 6 heteroatoms. The first-order valence-electron chi connectivity index (χ1n) is 5.72. The number of hydrogen-bond acceptors (Lipinski definition) is 4. The van der Waals surface area contributed by atoms with Gasteiger partial charge in [-0.1, -0.05) is 12.1 Å². The number of nitriles is 1. The predicted molar refractivity (Wildman–Crippen MR) is 69.6 cm³/mol. The number of rotatable bonds is 4. The molecule has 2 N–H and O–H groups in total. The first-order valence-corrected chi connectivity index (χ1v) is 5.72. The lowest BCUT2D eigenvalue weighted by Gasteiger charge is -2.08. The summed E-state index contributed by atoms with van der Waals surface area (Å²) in [6, 6.07) is 9.85. The van der Waals surface area contributed by atoms with Crippen LogP contribution < -0.4 is 5.32 Å². The van der Waals surface area contributed by atoms with E-state index in [1.165, 1.54) is 6.20 Å². The van der Waals surface area contributed by atoms with E-state index in [4.69, 9.17) is 10.4 Å². The molecule has 0 aliphatic rings. The van der Waals surface area contributed by atoms with Crippen molar-refractivity contribution in [3.05, 3.63) is 59.0 Å². The van der Waals surface area contributed by atoms with Gasteiger partial charge in [0, 0.05) is 12.7 Å². The molecule has 0 bridgehead atoms. The van der Waals surface area contributed by atoms with E-state index in [2.05, 4.69) is 10.3 Å². The monoisotopic (exact) mass is 271 g/mol. The molecule has 2 rings (SSSR count). The van der Waals surface area contributed by atoms with E-state index < -0.39 is 17.3 Å². The highest BCUT2D eigenvalue weighted by molar-refractivity contribution is 5.88. The molecule has 20 heavy (non-hydrogen) atoms. The summed E-state index contributed by atoms with van der Waals surface area (Å²) in [7, 11) is 0. The van der Waals surface area contributed by atoms with Gasteiger partial charge in [0.15, 0.2) is 11.6 Å². The fourth-order valence-corrected chi connectivity index (χ4v) is 1.62. The van der Waals surface area contributed by atoms with Crippen molar-refractivity contribution in [3.8, 4) is 6.07 Å². The molecule has 0 aliphatic carbocycles. The summed E-state index contributed by atoms with van der Waals surface area (Å²) in [5.74, 6) is -2.35. The Morgan fingerprint density at radius 3 is 2.65 bits per heavy atom. The van der Waals surface area contributed by atoms with Gasteiger partial charge >= 0.3 is 5.97 Å². The fraction of sp³-hybridized carbons (Fsp3) is 0.0714. The minimum absolute atomic E-state index is 0.116. The summed E-state index contributed by atoms with van der Waals surface area (Å²) in [6.45, 7) is 0.276. The van der Waals surface area contributed by atoms with E-state index in [0.717, 1.165) is 11.6 Å². The first-order chi connectivity index (χ1) is 9.61. The molecule has 100 valence electrons. The molecule has 0 unspecified atom stereocenters. The Balaban J connectivity index is 2.13. The number of carboxylic acid groups (broad SMARTS) is 1. The van der Waals surface area contributed by atoms with E-state index in [1.54, 1.807) is 24.3 Å². The average Bonchev–Trinajstić information content (AvgIpc) is 2.46. The van der Waals surface area contributed by atoms with Crippen LogP contribution in [0.15, 0.2) is 36.5 Å². The summed E-state index contributed by atoms with van der Waals surface area (Å²) >= 11 is 0. The lowest BCUT2D eigenvalue weighted by Crippen LogP contribution is -2.08. The van der Waals surface area contributed by atoms with Gasteiger partial charge in [0.1, 0.15) is 5.56 Å². The molecule has 0 atom stereocenters. The lowest BCUT2D eigenvalue weighted by molar-refractivity contribution is 0.0692. The summed E-state index contributed by atoms with van der Waals surface area (Å²) < 4.78 is 13.8. The molecule has 0 spiro atoms. The number of pyridine rings is 1. The molecule has 1 aromatic carbocycles. The van der Waals surface area contributed by atoms with Gasteiger partial charge in [0.25, 0.3) is 0 Å². The summed E-state index contributed by atoms with van der Waals surface area (Å²) in [5.41, 5.74) is 0.930. The highest BCUT2D eigenvalue weighted by Gasteiger charge is 2.14. The van der Waals surface area contributed by atoms with E-state index in [1.807, 2.05) is 6.07 Å². The number of aromatic nitrogens is 1. The van der Waals surface area contributed by atoms with Gasteiger partial charge in [-0.3, -0.25) is 0 Å². The third-order valence-electron chi connectivity index (χ3n) is 2.66. The average molecular weight is 271 g/mol. The molecule has 0 radical (unpaired) electrons. The van der Waals surface area contributed by atoms with Crippen molar-refractivity contribution >= 4 is 11.8 Å². The van der Waals surface area contributed by atoms with Gasteiger partial charge in [-0.15, -0.1) is 0 Å². The van der Waals surface area contributed by atoms with E-state index in [9.17, 15) is 9.18 Å². The van der Waals surface area contributed by atoms with E-state index in [-0.39, 0.29) is 12.4 Å². The second-order valence-corrected chi connectivity index (χ2v) is 3.99. The van der Waals surface area contributed by atoms with E-state index >= 15 is 0 Å². The molecule has 0 saturated carbocycles. The topological polar surface area (TPSA) is 86.0 Å². The van der Waals surface area contributed by atoms with Crippen LogP contribution in [-0.2, 0) is 6.54 Å². The third-order valence-corrected chi connectivity index (χ3v) is 2.66. The standard InChI is InChI=1S/C14H10FN3O2/c15-12-11(14(19)20)5-6-17-13(12)18-8-10-3-1-9(7-16)2-4-10/h1-6H,8H2,(H,17,18)(H,19,20). The molecule has 5 nitrogen and oxygen atoms in total. The minimum Gasteiger partial charge on any atom is -0.478 e. The number of anilines is 1. The summed E-state index contributed by atoms with van der Waals surface area (Å²) in [6.07, 6.45) is 1.23. The number of carbonyl (C=O) groups is 1. The van der Waals surface area contributed by atoms with Crippen molar-refractivity contribution < 1.29 is 14.3 Å². The Labute approximate surface area is 114 Å². The zero-order chi connectivity index (χ0) is 14.5. The highest BCUT2D eigenvalue weighted by Crippen LogP contribution is 2.16. The van der Waals surface area contributed by atoms with Crippen molar-refractivity contribution in [1.29, 1.82) is 5.26 Å². The number of benzene rings is 1. The predicted octanol–water partition coefficient (Wildman–Crippen LogP) is 2.40. The largest absolute Gasteiger partial charge is 0.478 e. The maximum Gasteiger partial charge on any atom is 0.338 e. The first kappa shape index (κ1) is 13.5. The van der Waals surface area contributed by atoms with Crippen molar-refractivity contribution in [3.63, 3.8) is 0 Å². The molecule has 0 fully saturated rings. The Morgan fingerprint density at radius 2 is 2.05 bits per heavy atom. The van der Waals surface area contributed by atoms with Crippen LogP contribution >= 0.6 is 0 Å². The number of aromatic carboxylic acids is 1. The van der Waals surface area contributed by atoms with Crippen molar-refractivity contribution in [2.75, 3.05) is 5.32 Å². The lowest BCUT2D eigenvalue weighted by atomic mass is 10.1. The molecular formula is C14H10FN3O2. The molecule has 2 aromatic rings. The maximum atomic E-state index is 13.8. The molecule has 0 aliphatic heterocycles. The van der Waals surface area contributed by atoms with Crippen LogP contribution in [0.4, 0.5) is 10.2 Å². The number of nitrogens with one attached hydrogen (secondary N) is 1. The SMILES string of the molecule is N#Cc1ccc(CNc2nccc(C(=O)O)c2F)cc1. The van der Waals surface area contributed by atoms with Crippen LogP contribution in [0.25, 0.3) is 0 Å². The van der Waals surface area contributed by atoms with E-state index in [0.29, 0.717) is 5.56 Å². The third kappa shape index (κ3) is 2.90. The molecule has 1 heterocycles. The number of carboxylic acids is 1. The van der Waals surface area contributed by atoms with Crippen molar-refractivity contribution in [1.82, 2.24) is 4.98 Å². The van der Waals surface area contributed by atoms with Gasteiger partial charge in [-0.25, -0.2) is 14.2 Å².